The average Bonchev–Trinajstić information content (AvgIpc) is 2.92. The minimum atomic E-state index is -0.866. The highest BCUT2D eigenvalue weighted by atomic mass is 35.5. The van der Waals surface area contributed by atoms with Crippen molar-refractivity contribution in [1.29, 1.82) is 5.26 Å². The standard InChI is InChI=1S/C19H16ClN3O5/c20-12-6-5-11(8-21)15(7-12)22-16(24)10-28-17(25)9-23-18(26)13-3-1-2-4-14(13)19(23)27/h1-2,5-7,13-14H,3-4,9-10H2,(H,22,24)/t13-,14-/m1/s1. The van der Waals surface area contributed by atoms with Gasteiger partial charge in [-0.2, -0.15) is 5.26 Å². The number of nitrogens with zero attached hydrogens (tertiary/aromatic N) is 2. The van der Waals surface area contributed by atoms with Crippen LogP contribution < -0.4 is 5.32 Å². The third kappa shape index (κ3) is 4.05. The smallest absolute Gasteiger partial charge is 0.326 e. The van der Waals surface area contributed by atoms with Crippen molar-refractivity contribution in [3.63, 3.8) is 0 Å². The van der Waals surface area contributed by atoms with E-state index in [0.717, 1.165) is 4.90 Å². The first-order chi connectivity index (χ1) is 13.4. The van der Waals surface area contributed by atoms with E-state index in [0.29, 0.717) is 17.9 Å². The van der Waals surface area contributed by atoms with Crippen molar-refractivity contribution >= 4 is 41.0 Å². The normalized spacial score (nSPS) is 20.5. The molecule has 3 rings (SSSR count). The van der Waals surface area contributed by atoms with Crippen LogP contribution in [0.25, 0.3) is 0 Å². The molecule has 0 bridgehead atoms. The minimum absolute atomic E-state index is 0.192. The summed E-state index contributed by atoms with van der Waals surface area (Å²) in [6.07, 6.45) is 4.65. The Balaban J connectivity index is 1.53. The number of carbonyl (C=O) groups is 4. The molecule has 28 heavy (non-hydrogen) atoms. The second kappa shape index (κ2) is 8.23. The first-order valence-electron chi connectivity index (χ1n) is 8.56. The number of rotatable bonds is 5. The number of anilines is 1. The van der Waals surface area contributed by atoms with Gasteiger partial charge in [0.05, 0.1) is 23.1 Å². The largest absolute Gasteiger partial charge is 0.454 e. The first-order valence-corrected chi connectivity index (χ1v) is 8.94. The molecule has 3 amide bonds. The lowest BCUT2D eigenvalue weighted by Gasteiger charge is -2.14. The molecule has 8 nitrogen and oxygen atoms in total. The van der Waals surface area contributed by atoms with Crippen molar-refractivity contribution in [2.24, 2.45) is 11.8 Å². The number of hydrogen-bond donors (Lipinski definition) is 1. The number of allylic oxidation sites excluding steroid dienone is 2. The number of benzene rings is 1. The van der Waals surface area contributed by atoms with Crippen LogP contribution >= 0.6 is 11.6 Å². The second-order valence-electron chi connectivity index (χ2n) is 6.43. The minimum Gasteiger partial charge on any atom is -0.454 e. The molecular weight excluding hydrogens is 386 g/mol. The number of halogens is 1. The fraction of sp³-hybridized carbons (Fsp3) is 0.316. The fourth-order valence-electron chi connectivity index (χ4n) is 3.25. The Labute approximate surface area is 165 Å². The lowest BCUT2D eigenvalue weighted by molar-refractivity contribution is -0.154. The first kappa shape index (κ1) is 19.6. The number of likely N-dealkylation sites (tertiary alicyclic amines) is 1. The van der Waals surface area contributed by atoms with Gasteiger partial charge in [-0.15, -0.1) is 0 Å². The van der Waals surface area contributed by atoms with Gasteiger partial charge in [0.25, 0.3) is 5.91 Å². The van der Waals surface area contributed by atoms with Crippen LogP contribution in [0.1, 0.15) is 18.4 Å². The van der Waals surface area contributed by atoms with E-state index in [2.05, 4.69) is 5.32 Å². The zero-order valence-electron chi connectivity index (χ0n) is 14.7. The monoisotopic (exact) mass is 401 g/mol. The van der Waals surface area contributed by atoms with Gasteiger partial charge in [0.15, 0.2) is 6.61 Å². The van der Waals surface area contributed by atoms with Gasteiger partial charge in [-0.05, 0) is 31.0 Å². The molecule has 1 heterocycles. The Morgan fingerprint density at radius 2 is 1.86 bits per heavy atom. The molecule has 0 unspecified atom stereocenters. The quantitative estimate of drug-likeness (QED) is 0.455. The lowest BCUT2D eigenvalue weighted by Crippen LogP contribution is -2.37. The number of nitrogens with one attached hydrogen (secondary N) is 1. The second-order valence-corrected chi connectivity index (χ2v) is 6.87. The van der Waals surface area contributed by atoms with Crippen molar-refractivity contribution in [1.82, 2.24) is 4.90 Å². The summed E-state index contributed by atoms with van der Waals surface area (Å²) < 4.78 is 4.86. The van der Waals surface area contributed by atoms with E-state index in [1.807, 2.05) is 18.2 Å². The number of nitriles is 1. The van der Waals surface area contributed by atoms with E-state index in [1.165, 1.54) is 18.2 Å². The van der Waals surface area contributed by atoms with E-state index in [1.54, 1.807) is 0 Å². The third-order valence-corrected chi connectivity index (χ3v) is 4.86. The highest BCUT2D eigenvalue weighted by Crippen LogP contribution is 2.34. The van der Waals surface area contributed by atoms with E-state index >= 15 is 0 Å². The molecule has 0 spiro atoms. The Bertz CT molecular complexity index is 895. The Morgan fingerprint density at radius 3 is 2.46 bits per heavy atom. The molecule has 1 aromatic rings. The van der Waals surface area contributed by atoms with Crippen molar-refractivity contribution in [3.05, 3.63) is 40.9 Å². The summed E-state index contributed by atoms with van der Waals surface area (Å²) in [5, 5.41) is 11.8. The van der Waals surface area contributed by atoms with E-state index in [-0.39, 0.29) is 11.3 Å². The molecule has 2 aliphatic rings. The molecule has 0 radical (unpaired) electrons. The summed E-state index contributed by atoms with van der Waals surface area (Å²) >= 11 is 5.84. The van der Waals surface area contributed by atoms with Gasteiger partial charge in [-0.25, -0.2) is 0 Å². The van der Waals surface area contributed by atoms with Crippen molar-refractivity contribution in [3.8, 4) is 6.07 Å². The van der Waals surface area contributed by atoms with Crippen LogP contribution in [0.15, 0.2) is 30.4 Å². The molecule has 1 N–H and O–H groups in total. The van der Waals surface area contributed by atoms with Crippen LogP contribution in [0, 0.1) is 23.2 Å². The summed E-state index contributed by atoms with van der Waals surface area (Å²) in [6.45, 7) is -1.15. The zero-order chi connectivity index (χ0) is 20.3. The lowest BCUT2D eigenvalue weighted by atomic mass is 9.85. The maximum absolute atomic E-state index is 12.3. The number of esters is 1. The summed E-state index contributed by atoms with van der Waals surface area (Å²) in [5.41, 5.74) is 0.395. The molecule has 1 aliphatic carbocycles. The number of carbonyl (C=O) groups excluding carboxylic acids is 4. The van der Waals surface area contributed by atoms with Gasteiger partial charge in [0.2, 0.25) is 11.8 Å². The molecule has 9 heteroatoms. The number of ether oxygens (including phenoxy) is 1. The van der Waals surface area contributed by atoms with Crippen LogP contribution in [0.4, 0.5) is 5.69 Å². The van der Waals surface area contributed by atoms with Gasteiger partial charge < -0.3 is 10.1 Å². The van der Waals surface area contributed by atoms with Crippen LogP contribution in [0.3, 0.4) is 0 Å². The van der Waals surface area contributed by atoms with Crippen LogP contribution in [0.5, 0.6) is 0 Å². The van der Waals surface area contributed by atoms with Gasteiger partial charge in [0.1, 0.15) is 12.6 Å². The zero-order valence-corrected chi connectivity index (χ0v) is 15.4. The number of fused-ring (bicyclic) bond motifs is 1. The Hall–Kier alpha value is -3.18. The summed E-state index contributed by atoms with van der Waals surface area (Å²) in [7, 11) is 0. The van der Waals surface area contributed by atoms with Crippen molar-refractivity contribution in [2.75, 3.05) is 18.5 Å². The van der Waals surface area contributed by atoms with Gasteiger partial charge in [0, 0.05) is 5.02 Å². The predicted octanol–water partition coefficient (Wildman–Crippen LogP) is 1.64. The van der Waals surface area contributed by atoms with Gasteiger partial charge >= 0.3 is 5.97 Å². The van der Waals surface area contributed by atoms with E-state index in [4.69, 9.17) is 21.6 Å². The number of imide groups is 1. The molecule has 1 aliphatic heterocycles. The molecule has 0 aromatic heterocycles. The maximum atomic E-state index is 12.3. The molecule has 1 aromatic carbocycles. The molecule has 1 saturated heterocycles. The fourth-order valence-corrected chi connectivity index (χ4v) is 3.42. The van der Waals surface area contributed by atoms with Crippen LogP contribution in [-0.4, -0.2) is 41.7 Å². The highest BCUT2D eigenvalue weighted by molar-refractivity contribution is 6.31. The predicted molar refractivity (Wildman–Crippen MR) is 97.8 cm³/mol. The highest BCUT2D eigenvalue weighted by Gasteiger charge is 2.47. The van der Waals surface area contributed by atoms with Crippen molar-refractivity contribution in [2.45, 2.75) is 12.8 Å². The summed E-state index contributed by atoms with van der Waals surface area (Å²) in [5.74, 6) is -3.18. The van der Waals surface area contributed by atoms with Gasteiger partial charge in [-0.1, -0.05) is 23.8 Å². The summed E-state index contributed by atoms with van der Waals surface area (Å²) in [6, 6.07) is 6.26. The molecule has 144 valence electrons. The van der Waals surface area contributed by atoms with Crippen molar-refractivity contribution < 1.29 is 23.9 Å². The molecule has 2 atom stereocenters. The number of amides is 3. The Morgan fingerprint density at radius 1 is 1.21 bits per heavy atom. The maximum Gasteiger partial charge on any atom is 0.326 e. The van der Waals surface area contributed by atoms with E-state index in [9.17, 15) is 19.2 Å². The molecule has 1 fully saturated rings. The number of hydrogen-bond acceptors (Lipinski definition) is 6. The van der Waals surface area contributed by atoms with Crippen LogP contribution in [-0.2, 0) is 23.9 Å². The molecule has 0 saturated carbocycles. The Kier molecular flexibility index (Phi) is 5.76. The van der Waals surface area contributed by atoms with Gasteiger partial charge in [-0.3, -0.25) is 24.1 Å². The van der Waals surface area contributed by atoms with Crippen LogP contribution in [0.2, 0.25) is 5.02 Å². The molecular formula is C19H16ClN3O5. The third-order valence-electron chi connectivity index (χ3n) is 4.63. The topological polar surface area (TPSA) is 117 Å². The average molecular weight is 402 g/mol. The SMILES string of the molecule is N#Cc1ccc(Cl)cc1NC(=O)COC(=O)CN1C(=O)[C@@H]2CC=CC[C@H]2C1=O. The summed E-state index contributed by atoms with van der Waals surface area (Å²) in [4.78, 5) is 49.5. The van der Waals surface area contributed by atoms with E-state index < -0.39 is 48.7 Å².